The number of nitrogens with zero attached hydrogens (tertiary/aromatic N) is 2. The topological polar surface area (TPSA) is 76.8 Å². The average Bonchev–Trinajstić information content (AvgIpc) is 3.21. The number of carbonyl (C=O) groups is 1. The molecule has 1 aliphatic rings. The Kier molecular flexibility index (Phi) is 7.27. The van der Waals surface area contributed by atoms with Crippen LogP contribution in [0.2, 0.25) is 5.02 Å². The lowest BCUT2D eigenvalue weighted by molar-refractivity contribution is 0.0162. The number of methoxy groups -OCH3 is 1. The predicted octanol–water partition coefficient (Wildman–Crippen LogP) is 4.25. The number of halogens is 2. The SMILES string of the molecule is COc1ccc(C(CNC(=O)c2c(-c3c(F)cccc3Cl)noc2C)N2CCOCC2)cc1. The van der Waals surface area contributed by atoms with Gasteiger partial charge in [0.05, 0.1) is 37.0 Å². The number of benzene rings is 2. The molecule has 1 N–H and O–H groups in total. The van der Waals surface area contributed by atoms with E-state index in [1.54, 1.807) is 20.1 Å². The van der Waals surface area contributed by atoms with Crippen molar-refractivity contribution in [2.24, 2.45) is 0 Å². The van der Waals surface area contributed by atoms with Crippen LogP contribution < -0.4 is 10.1 Å². The molecule has 4 rings (SSSR count). The van der Waals surface area contributed by atoms with Crippen molar-refractivity contribution in [3.63, 3.8) is 0 Å². The summed E-state index contributed by atoms with van der Waals surface area (Å²) in [5, 5.41) is 7.06. The maximum Gasteiger partial charge on any atom is 0.257 e. The first-order valence-corrected chi connectivity index (χ1v) is 11.0. The molecule has 1 aliphatic heterocycles. The van der Waals surface area contributed by atoms with Crippen LogP contribution in [0.15, 0.2) is 47.0 Å². The van der Waals surface area contributed by atoms with Gasteiger partial charge in [-0.05, 0) is 36.8 Å². The molecule has 2 heterocycles. The van der Waals surface area contributed by atoms with E-state index in [0.29, 0.717) is 19.8 Å². The van der Waals surface area contributed by atoms with Gasteiger partial charge < -0.3 is 19.3 Å². The Labute approximate surface area is 196 Å². The van der Waals surface area contributed by atoms with Crippen molar-refractivity contribution in [2.75, 3.05) is 40.0 Å². The van der Waals surface area contributed by atoms with Gasteiger partial charge in [0.15, 0.2) is 0 Å². The molecule has 2 aromatic carbocycles. The molecule has 7 nitrogen and oxygen atoms in total. The number of aromatic nitrogens is 1. The summed E-state index contributed by atoms with van der Waals surface area (Å²) in [7, 11) is 1.62. The van der Waals surface area contributed by atoms with Gasteiger partial charge in [0.2, 0.25) is 0 Å². The van der Waals surface area contributed by atoms with Crippen LogP contribution in [0.4, 0.5) is 4.39 Å². The lowest BCUT2D eigenvalue weighted by Crippen LogP contribution is -2.43. The number of aryl methyl sites for hydroxylation is 1. The van der Waals surface area contributed by atoms with Crippen molar-refractivity contribution in [1.29, 1.82) is 0 Å². The molecule has 0 spiro atoms. The number of ether oxygens (including phenoxy) is 2. The van der Waals surface area contributed by atoms with E-state index in [1.807, 2.05) is 24.3 Å². The third-order valence-corrected chi connectivity index (χ3v) is 6.05. The van der Waals surface area contributed by atoms with Gasteiger partial charge in [-0.1, -0.05) is 35.0 Å². The summed E-state index contributed by atoms with van der Waals surface area (Å²) in [6, 6.07) is 12.0. The molecule has 1 amide bonds. The molecule has 0 saturated carbocycles. The van der Waals surface area contributed by atoms with Gasteiger partial charge in [0.25, 0.3) is 5.91 Å². The van der Waals surface area contributed by atoms with Gasteiger partial charge in [-0.25, -0.2) is 4.39 Å². The molecular formula is C24H25ClFN3O4. The van der Waals surface area contributed by atoms with Crippen molar-refractivity contribution in [3.8, 4) is 17.0 Å². The number of hydrogen-bond acceptors (Lipinski definition) is 6. The maximum atomic E-state index is 14.5. The fourth-order valence-electron chi connectivity index (χ4n) is 3.98. The largest absolute Gasteiger partial charge is 0.497 e. The third-order valence-electron chi connectivity index (χ3n) is 5.73. The summed E-state index contributed by atoms with van der Waals surface area (Å²) < 4.78 is 30.5. The van der Waals surface area contributed by atoms with Crippen molar-refractivity contribution in [3.05, 3.63) is 70.2 Å². The summed E-state index contributed by atoms with van der Waals surface area (Å²) in [5.41, 5.74) is 1.33. The van der Waals surface area contributed by atoms with E-state index < -0.39 is 11.7 Å². The second-order valence-corrected chi connectivity index (χ2v) is 8.11. The molecule has 0 bridgehead atoms. The third kappa shape index (κ3) is 5.03. The first-order valence-electron chi connectivity index (χ1n) is 10.6. The summed E-state index contributed by atoms with van der Waals surface area (Å²) in [6.07, 6.45) is 0. The first kappa shape index (κ1) is 23.2. The zero-order valence-corrected chi connectivity index (χ0v) is 19.2. The minimum absolute atomic E-state index is 0.0426. The summed E-state index contributed by atoms with van der Waals surface area (Å²) in [4.78, 5) is 15.5. The van der Waals surface area contributed by atoms with E-state index in [2.05, 4.69) is 15.4 Å². The number of carbonyl (C=O) groups excluding carboxylic acids is 1. The van der Waals surface area contributed by atoms with Gasteiger partial charge in [-0.3, -0.25) is 9.69 Å². The minimum Gasteiger partial charge on any atom is -0.497 e. The molecular weight excluding hydrogens is 449 g/mol. The van der Waals surface area contributed by atoms with E-state index in [0.717, 1.165) is 24.4 Å². The Morgan fingerprint density at radius 3 is 2.64 bits per heavy atom. The molecule has 174 valence electrons. The minimum atomic E-state index is -0.575. The Bertz CT molecular complexity index is 1090. The van der Waals surface area contributed by atoms with Gasteiger partial charge in [-0.15, -0.1) is 0 Å². The van der Waals surface area contributed by atoms with Crippen LogP contribution in [0.25, 0.3) is 11.3 Å². The van der Waals surface area contributed by atoms with Crippen LogP contribution in [0.1, 0.15) is 27.7 Å². The van der Waals surface area contributed by atoms with E-state index in [9.17, 15) is 9.18 Å². The van der Waals surface area contributed by atoms with Crippen LogP contribution >= 0.6 is 11.6 Å². The van der Waals surface area contributed by atoms with Gasteiger partial charge in [0, 0.05) is 19.6 Å². The van der Waals surface area contributed by atoms with Crippen LogP contribution in [-0.2, 0) is 4.74 Å². The van der Waals surface area contributed by atoms with Crippen LogP contribution in [-0.4, -0.2) is 55.9 Å². The molecule has 1 aromatic heterocycles. The molecule has 33 heavy (non-hydrogen) atoms. The smallest absolute Gasteiger partial charge is 0.257 e. The Morgan fingerprint density at radius 1 is 1.24 bits per heavy atom. The summed E-state index contributed by atoms with van der Waals surface area (Å²) >= 11 is 6.20. The predicted molar refractivity (Wildman–Crippen MR) is 122 cm³/mol. The van der Waals surface area contributed by atoms with Crippen LogP contribution in [0, 0.1) is 12.7 Å². The highest BCUT2D eigenvalue weighted by Crippen LogP contribution is 2.33. The standard InChI is InChI=1S/C24H25ClFN3O4/c1-15-21(23(28-33-15)22-18(25)4-3-5-19(22)26)24(30)27-14-20(29-10-12-32-13-11-29)16-6-8-17(31-2)9-7-16/h3-9,20H,10-14H2,1-2H3,(H,27,30). The number of rotatable bonds is 7. The Morgan fingerprint density at radius 2 is 1.97 bits per heavy atom. The monoisotopic (exact) mass is 473 g/mol. The van der Waals surface area contributed by atoms with Gasteiger partial charge in [0.1, 0.15) is 28.6 Å². The fourth-order valence-corrected chi connectivity index (χ4v) is 4.24. The van der Waals surface area contributed by atoms with Crippen molar-refractivity contribution >= 4 is 17.5 Å². The molecule has 1 unspecified atom stereocenters. The lowest BCUT2D eigenvalue weighted by atomic mass is 10.0. The summed E-state index contributed by atoms with van der Waals surface area (Å²) in [6.45, 7) is 4.69. The molecule has 1 fully saturated rings. The summed E-state index contributed by atoms with van der Waals surface area (Å²) in [5.74, 6) is 0.0633. The number of amides is 1. The highest BCUT2D eigenvalue weighted by atomic mass is 35.5. The molecule has 0 aliphatic carbocycles. The molecule has 1 saturated heterocycles. The van der Waals surface area contributed by atoms with E-state index in [4.69, 9.17) is 25.6 Å². The van der Waals surface area contributed by atoms with Crippen molar-refractivity contribution in [1.82, 2.24) is 15.4 Å². The van der Waals surface area contributed by atoms with Crippen molar-refractivity contribution in [2.45, 2.75) is 13.0 Å². The maximum absolute atomic E-state index is 14.5. The van der Waals surface area contributed by atoms with E-state index in [-0.39, 0.29) is 33.6 Å². The zero-order valence-electron chi connectivity index (χ0n) is 18.4. The fraction of sp³-hybridized carbons (Fsp3) is 0.333. The Hall–Kier alpha value is -2.94. The van der Waals surface area contributed by atoms with E-state index >= 15 is 0 Å². The van der Waals surface area contributed by atoms with Crippen LogP contribution in [0.3, 0.4) is 0 Å². The Balaban J connectivity index is 1.59. The molecule has 9 heteroatoms. The van der Waals surface area contributed by atoms with Gasteiger partial charge in [-0.2, -0.15) is 0 Å². The quantitative estimate of drug-likeness (QED) is 0.552. The second kappa shape index (κ2) is 10.3. The first-order chi connectivity index (χ1) is 16.0. The number of morpholine rings is 1. The molecule has 0 radical (unpaired) electrons. The van der Waals surface area contributed by atoms with Crippen molar-refractivity contribution < 1.29 is 23.2 Å². The average molecular weight is 474 g/mol. The number of nitrogens with one attached hydrogen (secondary N) is 1. The normalized spacial score (nSPS) is 15.3. The molecule has 1 atom stereocenters. The van der Waals surface area contributed by atoms with E-state index in [1.165, 1.54) is 12.1 Å². The van der Waals surface area contributed by atoms with Crippen LogP contribution in [0.5, 0.6) is 5.75 Å². The lowest BCUT2D eigenvalue weighted by Gasteiger charge is -2.35. The highest BCUT2D eigenvalue weighted by molar-refractivity contribution is 6.33. The number of hydrogen-bond donors (Lipinski definition) is 1. The zero-order chi connectivity index (χ0) is 23.4. The highest BCUT2D eigenvalue weighted by Gasteiger charge is 2.28. The van der Waals surface area contributed by atoms with Gasteiger partial charge >= 0.3 is 0 Å². The second-order valence-electron chi connectivity index (χ2n) is 7.71. The molecule has 3 aromatic rings.